The predicted molar refractivity (Wildman–Crippen MR) is 223 cm³/mol. The van der Waals surface area contributed by atoms with Crippen LogP contribution in [0.25, 0.3) is 0 Å². The highest BCUT2D eigenvalue weighted by Crippen LogP contribution is 2.19. The Morgan fingerprint density at radius 1 is 0.347 bits per heavy atom. The molecule has 0 fully saturated rings. The molecule has 0 aromatic heterocycles. The van der Waals surface area contributed by atoms with Crippen molar-refractivity contribution in [1.29, 1.82) is 0 Å². The first kappa shape index (κ1) is 45.8. The Kier molecular flexibility index (Phi) is 36.9. The lowest BCUT2D eigenvalue weighted by atomic mass is 10.0. The molecular weight excluding hydrogens is 591 g/mol. The predicted octanol–water partition coefficient (Wildman–Crippen LogP) is 17.3. The molecule has 49 heavy (non-hydrogen) atoms. The smallest absolute Gasteiger partial charge is 0.0699 e. The van der Waals surface area contributed by atoms with Gasteiger partial charge in [0.15, 0.2) is 0 Å². The van der Waals surface area contributed by atoms with Crippen LogP contribution in [0.2, 0.25) is 0 Å². The van der Waals surface area contributed by atoms with Gasteiger partial charge in [-0.2, -0.15) is 0 Å². The lowest BCUT2D eigenvalue weighted by molar-refractivity contribution is 0.525. The van der Waals surface area contributed by atoms with Crippen molar-refractivity contribution in [3.8, 4) is 0 Å². The summed E-state index contributed by atoms with van der Waals surface area (Å²) in [5, 5.41) is 4.60. The third-order valence-electron chi connectivity index (χ3n) is 10.8. The Labute approximate surface area is 310 Å². The number of rotatable bonds is 40. The average molecular weight is 679 g/mol. The highest BCUT2D eigenvalue weighted by atomic mass is 14.9. The van der Waals surface area contributed by atoms with Crippen LogP contribution >= 0.6 is 0 Å². The number of allylic oxidation sites excluding steroid dienone is 6. The summed E-state index contributed by atoms with van der Waals surface area (Å²) in [5.74, 6) is 0. The molecule has 1 rings (SSSR count). The number of hydrogen-bond donors (Lipinski definition) is 0. The molecule has 0 aromatic carbocycles. The van der Waals surface area contributed by atoms with Gasteiger partial charge in [0, 0.05) is 11.8 Å². The van der Waals surface area contributed by atoms with Gasteiger partial charge in [-0.25, -0.2) is 0 Å². The molecule has 0 saturated heterocycles. The van der Waals surface area contributed by atoms with Gasteiger partial charge in [0.1, 0.15) is 0 Å². The molecule has 0 spiro atoms. The molecule has 1 heterocycles. The molecule has 0 amide bonds. The van der Waals surface area contributed by atoms with Crippen molar-refractivity contribution in [2.24, 2.45) is 0 Å². The van der Waals surface area contributed by atoms with Crippen LogP contribution in [0.15, 0.2) is 47.9 Å². The van der Waals surface area contributed by atoms with Gasteiger partial charge < -0.3 is 0 Å². The van der Waals surface area contributed by atoms with E-state index in [0.717, 1.165) is 5.70 Å². The molecule has 0 aromatic rings. The molecule has 1 heteroatoms. The SMILES string of the molecule is CCCCCCCCCCCCCCCCCCCC/C=C/C1=C(/C=C/CCCCCCCCCCCCCCCCCCCC)[N]C=C1. The van der Waals surface area contributed by atoms with E-state index in [4.69, 9.17) is 0 Å². The zero-order chi connectivity index (χ0) is 35.0. The second-order valence-electron chi connectivity index (χ2n) is 15.7. The van der Waals surface area contributed by atoms with Crippen LogP contribution in [-0.4, -0.2) is 0 Å². The normalized spacial score (nSPS) is 13.2. The lowest BCUT2D eigenvalue weighted by Crippen LogP contribution is -1.89. The number of nitrogens with zero attached hydrogens (tertiary/aromatic N) is 1. The lowest BCUT2D eigenvalue weighted by Gasteiger charge is -2.03. The molecule has 0 unspecified atom stereocenters. The quantitative estimate of drug-likeness (QED) is 0.0573. The van der Waals surface area contributed by atoms with Crippen molar-refractivity contribution in [3.63, 3.8) is 0 Å². The summed E-state index contributed by atoms with van der Waals surface area (Å²) >= 11 is 0. The molecular formula is C48H88N. The van der Waals surface area contributed by atoms with E-state index in [-0.39, 0.29) is 0 Å². The molecule has 0 aliphatic carbocycles. The third kappa shape index (κ3) is 33.7. The van der Waals surface area contributed by atoms with Crippen molar-refractivity contribution in [1.82, 2.24) is 5.32 Å². The van der Waals surface area contributed by atoms with Crippen molar-refractivity contribution in [2.45, 2.75) is 258 Å². The zero-order valence-electron chi connectivity index (χ0n) is 33.8. The van der Waals surface area contributed by atoms with Crippen LogP contribution in [0.4, 0.5) is 0 Å². The molecule has 1 radical (unpaired) electrons. The van der Waals surface area contributed by atoms with Crippen molar-refractivity contribution >= 4 is 0 Å². The molecule has 1 aliphatic heterocycles. The first-order valence-corrected chi connectivity index (χ1v) is 22.8. The van der Waals surface area contributed by atoms with E-state index in [1.54, 1.807) is 0 Å². The van der Waals surface area contributed by atoms with E-state index in [0.29, 0.717) is 0 Å². The van der Waals surface area contributed by atoms with Crippen LogP contribution < -0.4 is 5.32 Å². The molecule has 0 saturated carbocycles. The van der Waals surface area contributed by atoms with Crippen molar-refractivity contribution in [2.75, 3.05) is 0 Å². The molecule has 0 N–H and O–H groups in total. The van der Waals surface area contributed by atoms with Gasteiger partial charge >= 0.3 is 0 Å². The van der Waals surface area contributed by atoms with Crippen molar-refractivity contribution in [3.05, 3.63) is 47.9 Å². The Morgan fingerprint density at radius 3 is 0.918 bits per heavy atom. The minimum atomic E-state index is 1.15. The minimum absolute atomic E-state index is 1.15. The van der Waals surface area contributed by atoms with Gasteiger partial charge in [-0.05, 0) is 37.8 Å². The Morgan fingerprint density at radius 2 is 0.612 bits per heavy atom. The monoisotopic (exact) mass is 679 g/mol. The van der Waals surface area contributed by atoms with E-state index in [1.807, 2.05) is 6.20 Å². The maximum Gasteiger partial charge on any atom is 0.0699 e. The Bertz CT molecular complexity index is 770. The fourth-order valence-electron chi connectivity index (χ4n) is 7.37. The topological polar surface area (TPSA) is 14.1 Å². The summed E-state index contributed by atoms with van der Waals surface area (Å²) in [5.41, 5.74) is 2.44. The fourth-order valence-corrected chi connectivity index (χ4v) is 7.37. The van der Waals surface area contributed by atoms with Crippen LogP contribution in [0.3, 0.4) is 0 Å². The maximum atomic E-state index is 4.60. The number of unbranched alkanes of at least 4 members (excludes halogenated alkanes) is 36. The van der Waals surface area contributed by atoms with Crippen molar-refractivity contribution < 1.29 is 0 Å². The van der Waals surface area contributed by atoms with E-state index >= 15 is 0 Å². The summed E-state index contributed by atoms with van der Waals surface area (Å²) < 4.78 is 0. The largest absolute Gasteiger partial charge is 0.256 e. The molecule has 1 nitrogen and oxygen atoms in total. The summed E-state index contributed by atoms with van der Waals surface area (Å²) in [6, 6.07) is 0. The van der Waals surface area contributed by atoms with Gasteiger partial charge in [-0.1, -0.05) is 250 Å². The summed E-state index contributed by atoms with van der Waals surface area (Å²) in [4.78, 5) is 0. The van der Waals surface area contributed by atoms with Crippen LogP contribution in [0.1, 0.15) is 258 Å². The standard InChI is InChI=1S/C48H88N/c1-3-5-7-9-11-13-15-17-19-21-23-25-27-29-31-33-35-37-39-41-43-47-45-46-49-48(47)44-42-40-38-36-34-32-30-28-26-24-22-20-18-16-14-12-10-8-6-4-2/h41-46H,3-40H2,1-2H3/b43-41+,44-42+. The second kappa shape index (κ2) is 39.5. The first-order chi connectivity index (χ1) is 24.4. The highest BCUT2D eigenvalue weighted by molar-refractivity contribution is 5.44. The van der Waals surface area contributed by atoms with E-state index in [2.05, 4.69) is 49.5 Å². The zero-order valence-corrected chi connectivity index (χ0v) is 33.8. The molecule has 1 aliphatic rings. The van der Waals surface area contributed by atoms with Crippen LogP contribution in [0, 0.1) is 0 Å². The van der Waals surface area contributed by atoms with Gasteiger partial charge in [-0.15, -0.1) is 0 Å². The second-order valence-corrected chi connectivity index (χ2v) is 15.7. The van der Waals surface area contributed by atoms with E-state index in [9.17, 15) is 0 Å². The first-order valence-electron chi connectivity index (χ1n) is 22.8. The van der Waals surface area contributed by atoms with Gasteiger partial charge in [0.25, 0.3) is 0 Å². The van der Waals surface area contributed by atoms with Gasteiger partial charge in [0.05, 0.1) is 5.70 Å². The molecule has 0 atom stereocenters. The summed E-state index contributed by atoms with van der Waals surface area (Å²) in [6.45, 7) is 4.61. The molecule has 0 bridgehead atoms. The molecule has 285 valence electrons. The number of hydrogen-bond acceptors (Lipinski definition) is 0. The highest BCUT2D eigenvalue weighted by Gasteiger charge is 2.04. The van der Waals surface area contributed by atoms with Gasteiger partial charge in [0.2, 0.25) is 0 Å². The maximum absolute atomic E-state index is 4.60. The van der Waals surface area contributed by atoms with E-state index < -0.39 is 0 Å². The van der Waals surface area contributed by atoms with Gasteiger partial charge in [-0.3, -0.25) is 5.32 Å². The summed E-state index contributed by atoms with van der Waals surface area (Å²) in [6.07, 6.45) is 67.7. The van der Waals surface area contributed by atoms with E-state index in [1.165, 1.54) is 250 Å². The summed E-state index contributed by atoms with van der Waals surface area (Å²) in [7, 11) is 0. The Balaban J connectivity index is 1.85. The van der Waals surface area contributed by atoms with Crippen LogP contribution in [-0.2, 0) is 0 Å². The third-order valence-corrected chi connectivity index (χ3v) is 10.8. The van der Waals surface area contributed by atoms with Crippen LogP contribution in [0.5, 0.6) is 0 Å². The average Bonchev–Trinajstić information content (AvgIpc) is 3.57. The Hall–Kier alpha value is -1.24. The minimum Gasteiger partial charge on any atom is -0.256 e. The fraction of sp³-hybridized carbons (Fsp3) is 0.833.